The molecule has 0 bridgehead atoms. The SMILES string of the molecule is COc1c(Br)ccc(SC)c1OC. The summed E-state index contributed by atoms with van der Waals surface area (Å²) in [4.78, 5) is 1.07. The maximum Gasteiger partial charge on any atom is 0.176 e. The third-order valence-electron chi connectivity index (χ3n) is 1.66. The summed E-state index contributed by atoms with van der Waals surface area (Å²) in [7, 11) is 3.27. The minimum absolute atomic E-state index is 0.745. The molecule has 13 heavy (non-hydrogen) atoms. The van der Waals surface area contributed by atoms with Gasteiger partial charge in [0, 0.05) is 0 Å². The van der Waals surface area contributed by atoms with Crippen LogP contribution in [0.25, 0.3) is 0 Å². The summed E-state index contributed by atoms with van der Waals surface area (Å²) in [5, 5.41) is 0. The van der Waals surface area contributed by atoms with Crippen LogP contribution >= 0.6 is 27.7 Å². The first-order chi connectivity index (χ1) is 6.24. The summed E-state index contributed by atoms with van der Waals surface area (Å²) in [5.41, 5.74) is 0. The van der Waals surface area contributed by atoms with Crippen LogP contribution in [0.15, 0.2) is 21.5 Å². The molecule has 72 valence electrons. The maximum atomic E-state index is 5.26. The molecule has 0 heterocycles. The highest BCUT2D eigenvalue weighted by Crippen LogP contribution is 2.41. The second kappa shape index (κ2) is 4.77. The normalized spacial score (nSPS) is 9.85. The molecule has 1 aromatic rings. The van der Waals surface area contributed by atoms with Gasteiger partial charge in [0.1, 0.15) is 0 Å². The Balaban J connectivity index is 3.27. The molecule has 0 amide bonds. The zero-order valence-electron chi connectivity index (χ0n) is 7.76. The molecule has 0 atom stereocenters. The molecule has 0 saturated carbocycles. The predicted octanol–water partition coefficient (Wildman–Crippen LogP) is 3.19. The molecule has 2 nitrogen and oxygen atoms in total. The molecule has 0 radical (unpaired) electrons. The molecule has 0 aliphatic heterocycles. The van der Waals surface area contributed by atoms with Gasteiger partial charge in [-0.15, -0.1) is 11.8 Å². The molecule has 0 aromatic heterocycles. The summed E-state index contributed by atoms with van der Waals surface area (Å²) in [5.74, 6) is 1.53. The molecule has 0 N–H and O–H groups in total. The van der Waals surface area contributed by atoms with Gasteiger partial charge in [0.2, 0.25) is 0 Å². The average Bonchev–Trinajstić information content (AvgIpc) is 2.17. The van der Waals surface area contributed by atoms with Crippen LogP contribution in [0.4, 0.5) is 0 Å². The van der Waals surface area contributed by atoms with Crippen LogP contribution in [-0.2, 0) is 0 Å². The van der Waals surface area contributed by atoms with E-state index in [1.165, 1.54) is 0 Å². The third-order valence-corrected chi connectivity index (χ3v) is 3.04. The Kier molecular flexibility index (Phi) is 3.93. The molecular formula is C9H11BrO2S. The van der Waals surface area contributed by atoms with E-state index in [9.17, 15) is 0 Å². The lowest BCUT2D eigenvalue weighted by Gasteiger charge is -2.12. The van der Waals surface area contributed by atoms with Crippen molar-refractivity contribution in [3.05, 3.63) is 16.6 Å². The van der Waals surface area contributed by atoms with Crippen molar-refractivity contribution in [1.29, 1.82) is 0 Å². The van der Waals surface area contributed by atoms with Crippen LogP contribution in [0.2, 0.25) is 0 Å². The standard InChI is InChI=1S/C9H11BrO2S/c1-11-8-6(10)4-5-7(13-3)9(8)12-2/h4-5H,1-3H3. The van der Waals surface area contributed by atoms with Crippen LogP contribution in [-0.4, -0.2) is 20.5 Å². The predicted molar refractivity (Wildman–Crippen MR) is 59.0 cm³/mol. The first kappa shape index (κ1) is 10.7. The Morgan fingerprint density at radius 3 is 2.23 bits per heavy atom. The lowest BCUT2D eigenvalue weighted by atomic mass is 10.3. The van der Waals surface area contributed by atoms with Crippen molar-refractivity contribution in [1.82, 2.24) is 0 Å². The van der Waals surface area contributed by atoms with Crippen molar-refractivity contribution >= 4 is 27.7 Å². The first-order valence-corrected chi connectivity index (χ1v) is 5.70. The number of benzene rings is 1. The Labute approximate surface area is 90.7 Å². The fourth-order valence-corrected chi connectivity index (χ4v) is 2.10. The van der Waals surface area contributed by atoms with Gasteiger partial charge in [-0.1, -0.05) is 0 Å². The van der Waals surface area contributed by atoms with E-state index in [4.69, 9.17) is 9.47 Å². The van der Waals surface area contributed by atoms with Crippen LogP contribution in [0.1, 0.15) is 0 Å². The summed E-state index contributed by atoms with van der Waals surface area (Å²) in [6.45, 7) is 0. The molecule has 0 spiro atoms. The van der Waals surface area contributed by atoms with E-state index >= 15 is 0 Å². The Hall–Kier alpha value is -0.350. The van der Waals surface area contributed by atoms with E-state index in [1.807, 2.05) is 18.4 Å². The van der Waals surface area contributed by atoms with Gasteiger partial charge >= 0.3 is 0 Å². The number of thioether (sulfide) groups is 1. The van der Waals surface area contributed by atoms with Crippen LogP contribution in [0.5, 0.6) is 11.5 Å². The number of hydrogen-bond acceptors (Lipinski definition) is 3. The average molecular weight is 263 g/mol. The number of halogens is 1. The summed E-state index contributed by atoms with van der Waals surface area (Å²) in [6, 6.07) is 3.95. The van der Waals surface area contributed by atoms with Crippen molar-refractivity contribution in [2.24, 2.45) is 0 Å². The van der Waals surface area contributed by atoms with Crippen LogP contribution in [0.3, 0.4) is 0 Å². The van der Waals surface area contributed by atoms with Crippen molar-refractivity contribution in [3.63, 3.8) is 0 Å². The molecule has 0 aliphatic rings. The van der Waals surface area contributed by atoms with E-state index in [2.05, 4.69) is 15.9 Å². The molecule has 0 aliphatic carbocycles. The number of rotatable bonds is 3. The van der Waals surface area contributed by atoms with Crippen LogP contribution in [0, 0.1) is 0 Å². The van der Waals surface area contributed by atoms with Crippen LogP contribution < -0.4 is 9.47 Å². The van der Waals surface area contributed by atoms with Crippen molar-refractivity contribution in [2.75, 3.05) is 20.5 Å². The number of hydrogen-bond donors (Lipinski definition) is 0. The van der Waals surface area contributed by atoms with Crippen molar-refractivity contribution in [2.45, 2.75) is 4.90 Å². The maximum absolute atomic E-state index is 5.26. The van der Waals surface area contributed by atoms with Gasteiger partial charge in [0.15, 0.2) is 11.5 Å². The lowest BCUT2D eigenvalue weighted by Crippen LogP contribution is -1.93. The molecule has 0 unspecified atom stereocenters. The summed E-state index contributed by atoms with van der Waals surface area (Å²) in [6.07, 6.45) is 2.01. The smallest absolute Gasteiger partial charge is 0.176 e. The molecule has 0 saturated heterocycles. The zero-order valence-corrected chi connectivity index (χ0v) is 10.2. The van der Waals surface area contributed by atoms with Gasteiger partial charge in [-0.25, -0.2) is 0 Å². The van der Waals surface area contributed by atoms with Gasteiger partial charge in [-0.05, 0) is 34.3 Å². The van der Waals surface area contributed by atoms with Gasteiger partial charge in [0.05, 0.1) is 23.6 Å². The number of methoxy groups -OCH3 is 2. The minimum atomic E-state index is 0.745. The summed E-state index contributed by atoms with van der Waals surface area (Å²) < 4.78 is 11.4. The Morgan fingerprint density at radius 1 is 1.15 bits per heavy atom. The highest BCUT2D eigenvalue weighted by Gasteiger charge is 2.12. The van der Waals surface area contributed by atoms with E-state index in [0.29, 0.717) is 0 Å². The molecular weight excluding hydrogens is 252 g/mol. The van der Waals surface area contributed by atoms with Gasteiger partial charge in [-0.3, -0.25) is 0 Å². The second-order valence-electron chi connectivity index (χ2n) is 2.32. The fourth-order valence-electron chi connectivity index (χ4n) is 1.06. The molecule has 1 rings (SSSR count). The quantitative estimate of drug-likeness (QED) is 0.780. The first-order valence-electron chi connectivity index (χ1n) is 3.69. The van der Waals surface area contributed by atoms with Crippen molar-refractivity contribution in [3.8, 4) is 11.5 Å². The largest absolute Gasteiger partial charge is 0.492 e. The Bertz CT molecular complexity index is 302. The van der Waals surface area contributed by atoms with Crippen molar-refractivity contribution < 1.29 is 9.47 Å². The molecule has 1 aromatic carbocycles. The van der Waals surface area contributed by atoms with E-state index < -0.39 is 0 Å². The summed E-state index contributed by atoms with van der Waals surface area (Å²) >= 11 is 5.03. The fraction of sp³-hybridized carbons (Fsp3) is 0.333. The Morgan fingerprint density at radius 2 is 1.77 bits per heavy atom. The highest BCUT2D eigenvalue weighted by atomic mass is 79.9. The van der Waals surface area contributed by atoms with Gasteiger partial charge < -0.3 is 9.47 Å². The topological polar surface area (TPSA) is 18.5 Å². The van der Waals surface area contributed by atoms with E-state index in [-0.39, 0.29) is 0 Å². The zero-order chi connectivity index (χ0) is 9.84. The van der Waals surface area contributed by atoms with E-state index in [1.54, 1.807) is 26.0 Å². The second-order valence-corrected chi connectivity index (χ2v) is 4.02. The third kappa shape index (κ3) is 2.11. The monoisotopic (exact) mass is 262 g/mol. The lowest BCUT2D eigenvalue weighted by molar-refractivity contribution is 0.346. The van der Waals surface area contributed by atoms with E-state index in [0.717, 1.165) is 20.9 Å². The molecule has 0 fully saturated rings. The number of ether oxygens (including phenoxy) is 2. The highest BCUT2D eigenvalue weighted by molar-refractivity contribution is 9.10. The van der Waals surface area contributed by atoms with Gasteiger partial charge in [-0.2, -0.15) is 0 Å². The van der Waals surface area contributed by atoms with Gasteiger partial charge in [0.25, 0.3) is 0 Å². The minimum Gasteiger partial charge on any atom is -0.492 e. The molecule has 4 heteroatoms.